The van der Waals surface area contributed by atoms with Crippen LogP contribution in [0.4, 0.5) is 9.59 Å². The molecule has 0 saturated heterocycles. The summed E-state index contributed by atoms with van der Waals surface area (Å²) < 4.78 is 10.7. The highest BCUT2D eigenvalue weighted by Gasteiger charge is 2.34. The van der Waals surface area contributed by atoms with Gasteiger partial charge in [0, 0.05) is 12.6 Å². The molecule has 1 unspecified atom stereocenters. The van der Waals surface area contributed by atoms with Gasteiger partial charge in [0.05, 0.1) is 0 Å². The van der Waals surface area contributed by atoms with Crippen LogP contribution in [0.2, 0.25) is 0 Å². The lowest BCUT2D eigenvalue weighted by atomic mass is 9.85. The van der Waals surface area contributed by atoms with E-state index in [1.54, 1.807) is 0 Å². The molecule has 7 heteroatoms. The van der Waals surface area contributed by atoms with Gasteiger partial charge in [0.25, 0.3) is 0 Å². The molecule has 1 fully saturated rings. The predicted molar refractivity (Wildman–Crippen MR) is 121 cm³/mol. The SMILES string of the molecule is C[C@@H](NC(=O)OC(C)(C)C)[C@H](CNC(=O)OCc1ccccc1)CC(CCN)C1CC1. The Morgan fingerprint density at radius 2 is 1.84 bits per heavy atom. The van der Waals surface area contributed by atoms with E-state index in [0.717, 1.165) is 18.4 Å². The quantitative estimate of drug-likeness (QED) is 0.485. The fourth-order valence-corrected chi connectivity index (χ4v) is 3.78. The van der Waals surface area contributed by atoms with E-state index in [2.05, 4.69) is 10.6 Å². The van der Waals surface area contributed by atoms with E-state index in [1.165, 1.54) is 12.8 Å². The summed E-state index contributed by atoms with van der Waals surface area (Å²) in [6, 6.07) is 9.40. The molecule has 2 amide bonds. The fourth-order valence-electron chi connectivity index (χ4n) is 3.78. The van der Waals surface area contributed by atoms with E-state index in [-0.39, 0.29) is 18.6 Å². The molecule has 0 heterocycles. The summed E-state index contributed by atoms with van der Waals surface area (Å²) in [7, 11) is 0. The first-order valence-corrected chi connectivity index (χ1v) is 11.3. The molecule has 0 radical (unpaired) electrons. The van der Waals surface area contributed by atoms with E-state index in [9.17, 15) is 9.59 Å². The van der Waals surface area contributed by atoms with E-state index >= 15 is 0 Å². The number of benzene rings is 1. The van der Waals surface area contributed by atoms with Gasteiger partial charge in [-0.05, 0) is 83.2 Å². The molecule has 1 aliphatic rings. The third-order valence-electron chi connectivity index (χ3n) is 5.60. The van der Waals surface area contributed by atoms with Crippen molar-refractivity contribution in [2.75, 3.05) is 13.1 Å². The zero-order valence-electron chi connectivity index (χ0n) is 19.4. The van der Waals surface area contributed by atoms with Crippen LogP contribution < -0.4 is 16.4 Å². The zero-order valence-corrected chi connectivity index (χ0v) is 19.4. The minimum atomic E-state index is -0.561. The van der Waals surface area contributed by atoms with Crippen molar-refractivity contribution in [3.63, 3.8) is 0 Å². The molecule has 4 N–H and O–H groups in total. The van der Waals surface area contributed by atoms with Crippen LogP contribution in [0.1, 0.15) is 58.9 Å². The van der Waals surface area contributed by atoms with Crippen molar-refractivity contribution in [1.82, 2.24) is 10.6 Å². The van der Waals surface area contributed by atoms with Gasteiger partial charge in [-0.3, -0.25) is 0 Å². The Kier molecular flexibility index (Phi) is 9.62. The van der Waals surface area contributed by atoms with Crippen LogP contribution in [0, 0.1) is 17.8 Å². The van der Waals surface area contributed by atoms with Crippen LogP contribution in [-0.4, -0.2) is 36.9 Å². The minimum absolute atomic E-state index is 0.0499. The Labute approximate surface area is 186 Å². The van der Waals surface area contributed by atoms with Crippen LogP contribution >= 0.6 is 0 Å². The van der Waals surface area contributed by atoms with Gasteiger partial charge in [-0.25, -0.2) is 9.59 Å². The summed E-state index contributed by atoms with van der Waals surface area (Å²) in [4.78, 5) is 24.5. The molecular weight excluding hydrogens is 394 g/mol. The first kappa shape index (κ1) is 25.0. The number of ether oxygens (including phenoxy) is 2. The summed E-state index contributed by atoms with van der Waals surface area (Å²) in [6.45, 7) is 8.75. The number of nitrogens with two attached hydrogens (primary N) is 1. The van der Waals surface area contributed by atoms with Gasteiger partial charge in [-0.2, -0.15) is 0 Å². The van der Waals surface area contributed by atoms with Gasteiger partial charge in [0.2, 0.25) is 0 Å². The molecule has 1 saturated carbocycles. The Bertz CT molecular complexity index is 686. The Balaban J connectivity index is 1.92. The fraction of sp³-hybridized carbons (Fsp3) is 0.667. The Morgan fingerprint density at radius 3 is 2.42 bits per heavy atom. The molecule has 1 aliphatic carbocycles. The zero-order chi connectivity index (χ0) is 22.9. The summed E-state index contributed by atoms with van der Waals surface area (Å²) in [5.41, 5.74) is 6.21. The molecule has 1 aromatic carbocycles. The molecule has 0 bridgehead atoms. The van der Waals surface area contributed by atoms with Crippen molar-refractivity contribution in [3.05, 3.63) is 35.9 Å². The average molecular weight is 434 g/mol. The van der Waals surface area contributed by atoms with Crippen molar-refractivity contribution in [2.24, 2.45) is 23.5 Å². The van der Waals surface area contributed by atoms with E-state index < -0.39 is 17.8 Å². The molecule has 0 spiro atoms. The number of alkyl carbamates (subject to hydrolysis) is 2. The number of amides is 2. The topological polar surface area (TPSA) is 103 Å². The van der Waals surface area contributed by atoms with Crippen LogP contribution in [0.15, 0.2) is 30.3 Å². The molecule has 1 aromatic rings. The molecule has 31 heavy (non-hydrogen) atoms. The van der Waals surface area contributed by atoms with Gasteiger partial charge < -0.3 is 25.8 Å². The van der Waals surface area contributed by atoms with Crippen molar-refractivity contribution in [1.29, 1.82) is 0 Å². The van der Waals surface area contributed by atoms with Crippen molar-refractivity contribution < 1.29 is 19.1 Å². The highest BCUT2D eigenvalue weighted by Crippen LogP contribution is 2.41. The molecule has 3 atom stereocenters. The molecule has 0 aromatic heterocycles. The van der Waals surface area contributed by atoms with Gasteiger partial charge >= 0.3 is 12.2 Å². The average Bonchev–Trinajstić information content (AvgIpc) is 3.53. The molecule has 174 valence electrons. The van der Waals surface area contributed by atoms with Crippen LogP contribution in [0.3, 0.4) is 0 Å². The number of hydrogen-bond acceptors (Lipinski definition) is 5. The lowest BCUT2D eigenvalue weighted by molar-refractivity contribution is 0.0486. The number of hydrogen-bond donors (Lipinski definition) is 3. The van der Waals surface area contributed by atoms with Gasteiger partial charge in [0.15, 0.2) is 0 Å². The summed E-state index contributed by atoms with van der Waals surface area (Å²) in [5.74, 6) is 1.25. The Morgan fingerprint density at radius 1 is 1.16 bits per heavy atom. The van der Waals surface area contributed by atoms with Crippen LogP contribution in [-0.2, 0) is 16.1 Å². The predicted octanol–water partition coefficient (Wildman–Crippen LogP) is 4.21. The second kappa shape index (κ2) is 11.9. The number of carbonyl (C=O) groups excluding carboxylic acids is 2. The third kappa shape index (κ3) is 10.0. The van der Waals surface area contributed by atoms with Gasteiger partial charge in [0.1, 0.15) is 12.2 Å². The normalized spacial score (nSPS) is 16.7. The summed E-state index contributed by atoms with van der Waals surface area (Å²) >= 11 is 0. The van der Waals surface area contributed by atoms with E-state index in [0.29, 0.717) is 24.9 Å². The largest absolute Gasteiger partial charge is 0.445 e. The van der Waals surface area contributed by atoms with Crippen molar-refractivity contribution >= 4 is 12.2 Å². The lowest BCUT2D eigenvalue weighted by Crippen LogP contribution is -2.45. The third-order valence-corrected chi connectivity index (χ3v) is 5.60. The summed E-state index contributed by atoms with van der Waals surface area (Å²) in [5, 5.41) is 5.82. The van der Waals surface area contributed by atoms with Crippen LogP contribution in [0.25, 0.3) is 0 Å². The van der Waals surface area contributed by atoms with E-state index in [1.807, 2.05) is 58.0 Å². The maximum absolute atomic E-state index is 12.3. The van der Waals surface area contributed by atoms with Crippen molar-refractivity contribution in [3.8, 4) is 0 Å². The first-order chi connectivity index (χ1) is 14.7. The van der Waals surface area contributed by atoms with Crippen LogP contribution in [0.5, 0.6) is 0 Å². The van der Waals surface area contributed by atoms with Gasteiger partial charge in [-0.1, -0.05) is 30.3 Å². The molecular formula is C24H39N3O4. The minimum Gasteiger partial charge on any atom is -0.445 e. The Hall–Kier alpha value is -2.28. The second-order valence-corrected chi connectivity index (χ2v) is 9.55. The summed E-state index contributed by atoms with van der Waals surface area (Å²) in [6.07, 6.45) is 3.41. The smallest absolute Gasteiger partial charge is 0.407 e. The highest BCUT2D eigenvalue weighted by atomic mass is 16.6. The monoisotopic (exact) mass is 433 g/mol. The standard InChI is InChI=1S/C24H39N3O4/c1-17(27-23(29)31-24(2,3)4)21(14-20(12-13-25)19-10-11-19)15-26-22(28)30-16-18-8-6-5-7-9-18/h5-9,17,19-21H,10-16,25H2,1-4H3,(H,26,28)(H,27,29)/t17-,20?,21+/m1/s1. The lowest BCUT2D eigenvalue weighted by Gasteiger charge is -2.30. The number of nitrogens with one attached hydrogen (secondary N) is 2. The maximum atomic E-state index is 12.3. The van der Waals surface area contributed by atoms with E-state index in [4.69, 9.17) is 15.2 Å². The maximum Gasteiger partial charge on any atom is 0.407 e. The number of rotatable bonds is 11. The van der Waals surface area contributed by atoms with Crippen molar-refractivity contribution in [2.45, 2.75) is 71.6 Å². The first-order valence-electron chi connectivity index (χ1n) is 11.3. The van der Waals surface area contributed by atoms with Gasteiger partial charge in [-0.15, -0.1) is 0 Å². The second-order valence-electron chi connectivity index (χ2n) is 9.55. The number of carbonyl (C=O) groups is 2. The molecule has 7 nitrogen and oxygen atoms in total. The molecule has 2 rings (SSSR count). The molecule has 0 aliphatic heterocycles. The highest BCUT2D eigenvalue weighted by molar-refractivity contribution is 5.68.